The number of anilines is 1. The highest BCUT2D eigenvalue weighted by Gasteiger charge is 2.23. The summed E-state index contributed by atoms with van der Waals surface area (Å²) in [7, 11) is -2.33. The molecule has 110 valence electrons. The molecule has 0 radical (unpaired) electrons. The fraction of sp³-hybridized carbons (Fsp3) is 0.0769. The van der Waals surface area contributed by atoms with Gasteiger partial charge in [-0.15, -0.1) is 0 Å². The first-order chi connectivity index (χ1) is 9.84. The number of hydrogen-bond donors (Lipinski definition) is 1. The first-order valence-electron chi connectivity index (χ1n) is 5.83. The largest absolute Gasteiger partial charge is 0.389 e. The number of nitrogens with two attached hydrogens (primary N) is 1. The van der Waals surface area contributed by atoms with Gasteiger partial charge in [0.1, 0.15) is 10.8 Å². The van der Waals surface area contributed by atoms with Crippen molar-refractivity contribution in [1.82, 2.24) is 4.98 Å². The maximum atomic E-state index is 12.5. The molecule has 2 rings (SSSR count). The van der Waals surface area contributed by atoms with Crippen molar-refractivity contribution in [3.63, 3.8) is 0 Å². The lowest BCUT2D eigenvalue weighted by Gasteiger charge is -2.18. The maximum absolute atomic E-state index is 12.5. The van der Waals surface area contributed by atoms with Gasteiger partial charge < -0.3 is 5.73 Å². The van der Waals surface area contributed by atoms with Gasteiger partial charge in [-0.05, 0) is 30.3 Å². The predicted octanol–water partition coefficient (Wildman–Crippen LogP) is 2.19. The molecule has 0 saturated heterocycles. The van der Waals surface area contributed by atoms with E-state index in [0.29, 0.717) is 11.4 Å². The molecule has 0 saturated carbocycles. The van der Waals surface area contributed by atoms with Crippen LogP contribution in [-0.2, 0) is 10.0 Å². The van der Waals surface area contributed by atoms with E-state index >= 15 is 0 Å². The Labute approximate surface area is 133 Å². The van der Waals surface area contributed by atoms with Crippen molar-refractivity contribution in [3.8, 4) is 0 Å². The summed E-state index contributed by atoms with van der Waals surface area (Å²) in [6, 6.07) is 9.24. The number of hydrogen-bond acceptors (Lipinski definition) is 4. The number of halogens is 1. The summed E-state index contributed by atoms with van der Waals surface area (Å²) >= 11 is 10.9. The lowest BCUT2D eigenvalue weighted by molar-refractivity contribution is 0.594. The van der Waals surface area contributed by atoms with Crippen molar-refractivity contribution >= 4 is 44.6 Å². The summed E-state index contributed by atoms with van der Waals surface area (Å²) < 4.78 is 26.1. The molecule has 5 nitrogen and oxygen atoms in total. The average molecular weight is 342 g/mol. The fourth-order valence-corrected chi connectivity index (χ4v) is 3.44. The first-order valence-corrected chi connectivity index (χ1v) is 8.06. The molecule has 2 aromatic rings. The summed E-state index contributed by atoms with van der Waals surface area (Å²) in [5, 5.41) is 0.193. The van der Waals surface area contributed by atoms with Crippen LogP contribution >= 0.6 is 23.8 Å². The topological polar surface area (TPSA) is 76.3 Å². The molecular weight excluding hydrogens is 330 g/mol. The number of aromatic nitrogens is 1. The summed E-state index contributed by atoms with van der Waals surface area (Å²) in [4.78, 5) is 4.17. The molecule has 0 aliphatic heterocycles. The maximum Gasteiger partial charge on any atom is 0.265 e. The van der Waals surface area contributed by atoms with Crippen LogP contribution in [0.3, 0.4) is 0 Å². The second-order valence-electron chi connectivity index (χ2n) is 4.17. The van der Waals surface area contributed by atoms with Gasteiger partial charge in [-0.3, -0.25) is 4.31 Å². The molecule has 8 heteroatoms. The highest BCUT2D eigenvalue weighted by Crippen LogP contribution is 2.24. The Morgan fingerprint density at radius 3 is 2.57 bits per heavy atom. The van der Waals surface area contributed by atoms with Gasteiger partial charge in [0.25, 0.3) is 10.0 Å². The van der Waals surface area contributed by atoms with Crippen LogP contribution < -0.4 is 10.0 Å². The third kappa shape index (κ3) is 3.15. The van der Waals surface area contributed by atoms with Crippen LogP contribution in [0.5, 0.6) is 0 Å². The van der Waals surface area contributed by atoms with Crippen molar-refractivity contribution in [2.45, 2.75) is 4.90 Å². The summed E-state index contributed by atoms with van der Waals surface area (Å²) in [5.41, 5.74) is 5.94. The normalized spacial score (nSPS) is 11.1. The quantitative estimate of drug-likeness (QED) is 0.863. The van der Waals surface area contributed by atoms with Gasteiger partial charge in [0, 0.05) is 18.8 Å². The molecule has 0 aliphatic carbocycles. The van der Waals surface area contributed by atoms with Crippen molar-refractivity contribution in [2.75, 3.05) is 11.4 Å². The molecule has 0 aliphatic rings. The van der Waals surface area contributed by atoms with Crippen LogP contribution in [0.2, 0.25) is 5.02 Å². The second-order valence-corrected chi connectivity index (χ2v) is 6.98. The zero-order valence-corrected chi connectivity index (χ0v) is 13.4. The minimum atomic E-state index is -3.75. The molecule has 0 fully saturated rings. The van der Waals surface area contributed by atoms with Crippen LogP contribution in [-0.4, -0.2) is 25.4 Å². The van der Waals surface area contributed by atoms with Crippen molar-refractivity contribution < 1.29 is 8.42 Å². The standard InChI is InChI=1S/C13H12ClN3O2S2/c1-17(12-4-2-3-7-16-12)21(18,19)9-5-6-10(13(15)20)11(14)8-9/h2-8H,1H3,(H2,15,20). The lowest BCUT2D eigenvalue weighted by atomic mass is 10.2. The average Bonchev–Trinajstić information content (AvgIpc) is 2.46. The van der Waals surface area contributed by atoms with E-state index in [1.165, 1.54) is 31.4 Å². The number of nitrogens with zero attached hydrogens (tertiary/aromatic N) is 2. The number of thiocarbonyl (C=S) groups is 1. The van der Waals surface area contributed by atoms with Crippen LogP contribution in [0.25, 0.3) is 0 Å². The SMILES string of the molecule is CN(c1ccccn1)S(=O)(=O)c1ccc(C(N)=S)c(Cl)c1. The van der Waals surface area contributed by atoms with Crippen LogP contribution in [0.4, 0.5) is 5.82 Å². The molecule has 0 amide bonds. The monoisotopic (exact) mass is 341 g/mol. The van der Waals surface area contributed by atoms with E-state index < -0.39 is 10.0 Å². The number of rotatable bonds is 4. The van der Waals surface area contributed by atoms with Gasteiger partial charge in [-0.25, -0.2) is 13.4 Å². The lowest BCUT2D eigenvalue weighted by Crippen LogP contribution is -2.27. The van der Waals surface area contributed by atoms with Gasteiger partial charge >= 0.3 is 0 Å². The van der Waals surface area contributed by atoms with Crippen LogP contribution in [0.1, 0.15) is 5.56 Å². The molecule has 2 N–H and O–H groups in total. The number of benzene rings is 1. The molecule has 0 spiro atoms. The number of pyridine rings is 1. The Kier molecular flexibility index (Phi) is 4.46. The van der Waals surface area contributed by atoms with Crippen molar-refractivity contribution in [1.29, 1.82) is 0 Å². The number of sulfonamides is 1. The predicted molar refractivity (Wildman–Crippen MR) is 87.2 cm³/mol. The minimum Gasteiger partial charge on any atom is -0.389 e. The highest BCUT2D eigenvalue weighted by molar-refractivity contribution is 7.92. The third-order valence-corrected chi connectivity index (χ3v) is 5.13. The van der Waals surface area contributed by atoms with E-state index in [1.54, 1.807) is 18.2 Å². The Hall–Kier alpha value is -1.70. The Morgan fingerprint density at radius 2 is 2.05 bits per heavy atom. The highest BCUT2D eigenvalue weighted by atomic mass is 35.5. The third-order valence-electron chi connectivity index (χ3n) is 2.84. The van der Waals surface area contributed by atoms with E-state index in [9.17, 15) is 8.42 Å². The summed E-state index contributed by atoms with van der Waals surface area (Å²) in [5.74, 6) is 0.312. The van der Waals surface area contributed by atoms with Crippen molar-refractivity contribution in [2.24, 2.45) is 5.73 Å². The molecular formula is C13H12ClN3O2S2. The smallest absolute Gasteiger partial charge is 0.265 e. The molecule has 0 unspecified atom stereocenters. The second kappa shape index (κ2) is 5.97. The van der Waals surface area contributed by atoms with E-state index in [4.69, 9.17) is 29.6 Å². The summed E-state index contributed by atoms with van der Waals surface area (Å²) in [6.07, 6.45) is 1.52. The molecule has 1 heterocycles. The van der Waals surface area contributed by atoms with Crippen molar-refractivity contribution in [3.05, 3.63) is 53.2 Å². The van der Waals surface area contributed by atoms with Gasteiger partial charge in [0.05, 0.1) is 9.92 Å². The van der Waals surface area contributed by atoms with E-state index in [-0.39, 0.29) is 14.9 Å². The zero-order valence-electron chi connectivity index (χ0n) is 11.0. The molecule has 1 aromatic carbocycles. The Balaban J connectivity index is 2.45. The Bertz CT molecular complexity index is 779. The van der Waals surface area contributed by atoms with Crippen LogP contribution in [0.15, 0.2) is 47.5 Å². The Morgan fingerprint density at radius 1 is 1.33 bits per heavy atom. The van der Waals surface area contributed by atoms with E-state index in [1.807, 2.05) is 0 Å². The minimum absolute atomic E-state index is 0.0423. The fourth-order valence-electron chi connectivity index (χ4n) is 1.68. The van der Waals surface area contributed by atoms with Gasteiger partial charge in [-0.2, -0.15) is 0 Å². The molecule has 0 bridgehead atoms. The van der Waals surface area contributed by atoms with Gasteiger partial charge in [0.2, 0.25) is 0 Å². The summed E-state index contributed by atoms with van der Waals surface area (Å²) in [6.45, 7) is 0. The molecule has 1 aromatic heterocycles. The van der Waals surface area contributed by atoms with Crippen LogP contribution in [0, 0.1) is 0 Å². The van der Waals surface area contributed by atoms with E-state index in [2.05, 4.69) is 4.98 Å². The zero-order chi connectivity index (χ0) is 15.6. The van der Waals surface area contributed by atoms with Gasteiger partial charge in [-0.1, -0.05) is 29.9 Å². The van der Waals surface area contributed by atoms with E-state index in [0.717, 1.165) is 4.31 Å². The molecule has 21 heavy (non-hydrogen) atoms. The van der Waals surface area contributed by atoms with Gasteiger partial charge in [0.15, 0.2) is 0 Å². The molecule has 0 atom stereocenters. The first kappa shape index (κ1) is 15.7.